The van der Waals surface area contributed by atoms with Crippen molar-refractivity contribution in [3.8, 4) is 11.5 Å². The van der Waals surface area contributed by atoms with Gasteiger partial charge in [-0.1, -0.05) is 23.7 Å². The van der Waals surface area contributed by atoms with Crippen LogP contribution >= 0.6 is 11.6 Å². The van der Waals surface area contributed by atoms with Crippen LogP contribution in [0, 0.1) is 10.1 Å². The quantitative estimate of drug-likeness (QED) is 0.191. The minimum absolute atomic E-state index is 0.0201. The third kappa shape index (κ3) is 3.92. The van der Waals surface area contributed by atoms with Crippen molar-refractivity contribution >= 4 is 35.1 Å². The van der Waals surface area contributed by atoms with Crippen molar-refractivity contribution in [3.63, 3.8) is 0 Å². The molecule has 30 heavy (non-hydrogen) atoms. The highest BCUT2D eigenvalue weighted by Crippen LogP contribution is 2.35. The van der Waals surface area contributed by atoms with E-state index in [0.717, 1.165) is 0 Å². The average molecular weight is 422 g/mol. The van der Waals surface area contributed by atoms with Crippen molar-refractivity contribution in [2.24, 2.45) is 0 Å². The molecule has 0 unspecified atom stereocenters. The van der Waals surface area contributed by atoms with Crippen molar-refractivity contribution in [1.29, 1.82) is 0 Å². The summed E-state index contributed by atoms with van der Waals surface area (Å²) >= 11 is 5.81. The number of carbonyl (C=O) groups is 2. The molecule has 0 saturated heterocycles. The first-order chi connectivity index (χ1) is 14.4. The molecule has 148 valence electrons. The number of hydrogen-bond acceptors (Lipinski definition) is 6. The maximum Gasteiger partial charge on any atom is 0.343 e. The molecular formula is C22H12ClNO6. The van der Waals surface area contributed by atoms with E-state index in [1.165, 1.54) is 54.6 Å². The van der Waals surface area contributed by atoms with Crippen LogP contribution in [-0.4, -0.2) is 16.7 Å². The third-order valence-electron chi connectivity index (χ3n) is 4.31. The molecule has 1 aliphatic rings. The Kier molecular flexibility index (Phi) is 5.04. The topological polar surface area (TPSA) is 95.7 Å². The van der Waals surface area contributed by atoms with E-state index in [-0.39, 0.29) is 28.7 Å². The van der Waals surface area contributed by atoms with E-state index in [2.05, 4.69) is 0 Å². The van der Waals surface area contributed by atoms with Gasteiger partial charge >= 0.3 is 5.97 Å². The lowest BCUT2D eigenvalue weighted by molar-refractivity contribution is -0.384. The Morgan fingerprint density at radius 3 is 2.57 bits per heavy atom. The number of fused-ring (bicyclic) bond motifs is 1. The number of ether oxygens (including phenoxy) is 2. The molecule has 0 amide bonds. The summed E-state index contributed by atoms with van der Waals surface area (Å²) in [5.41, 5.74) is 0.986. The second kappa shape index (κ2) is 7.81. The second-order valence-electron chi connectivity index (χ2n) is 6.35. The van der Waals surface area contributed by atoms with Crippen LogP contribution in [0.25, 0.3) is 6.08 Å². The molecule has 0 spiro atoms. The number of rotatable bonds is 4. The number of Topliss-reactive ketones (excluding diaryl/α,β-unsaturated/α-hetero) is 1. The van der Waals surface area contributed by atoms with Gasteiger partial charge in [-0.15, -0.1) is 0 Å². The molecule has 0 aliphatic carbocycles. The Morgan fingerprint density at radius 1 is 1.07 bits per heavy atom. The molecule has 1 heterocycles. The predicted molar refractivity (Wildman–Crippen MR) is 109 cm³/mol. The Morgan fingerprint density at radius 2 is 1.83 bits per heavy atom. The minimum atomic E-state index is -0.580. The first kappa shape index (κ1) is 19.4. The highest BCUT2D eigenvalue weighted by Gasteiger charge is 2.28. The fraction of sp³-hybridized carbons (Fsp3) is 0. The summed E-state index contributed by atoms with van der Waals surface area (Å²) in [4.78, 5) is 35.2. The maximum absolute atomic E-state index is 12.6. The van der Waals surface area contributed by atoms with Gasteiger partial charge in [0, 0.05) is 23.2 Å². The van der Waals surface area contributed by atoms with Crippen LogP contribution in [0.2, 0.25) is 5.02 Å². The van der Waals surface area contributed by atoms with E-state index in [1.807, 2.05) is 0 Å². The summed E-state index contributed by atoms with van der Waals surface area (Å²) < 4.78 is 10.9. The summed E-state index contributed by atoms with van der Waals surface area (Å²) in [6.45, 7) is 0. The van der Waals surface area contributed by atoms with Gasteiger partial charge < -0.3 is 9.47 Å². The van der Waals surface area contributed by atoms with Crippen molar-refractivity contribution < 1.29 is 24.0 Å². The number of esters is 1. The average Bonchev–Trinajstić information content (AvgIpc) is 3.03. The van der Waals surface area contributed by atoms with E-state index < -0.39 is 10.9 Å². The number of benzene rings is 3. The number of ketones is 1. The number of allylic oxidation sites excluding steroid dienone is 1. The first-order valence-electron chi connectivity index (χ1n) is 8.71. The molecule has 0 N–H and O–H groups in total. The highest BCUT2D eigenvalue weighted by atomic mass is 35.5. The van der Waals surface area contributed by atoms with Crippen LogP contribution < -0.4 is 9.47 Å². The lowest BCUT2D eigenvalue weighted by Gasteiger charge is -2.05. The van der Waals surface area contributed by atoms with E-state index in [1.54, 1.807) is 18.2 Å². The molecule has 0 atom stereocenters. The van der Waals surface area contributed by atoms with Gasteiger partial charge in [-0.05, 0) is 48.0 Å². The number of non-ortho nitro benzene ring substituents is 1. The Bertz CT molecular complexity index is 1220. The number of halogens is 1. The van der Waals surface area contributed by atoms with Crippen LogP contribution in [0.4, 0.5) is 5.69 Å². The summed E-state index contributed by atoms with van der Waals surface area (Å²) in [5.74, 6) is -0.488. The zero-order chi connectivity index (χ0) is 21.3. The molecule has 0 aromatic heterocycles. The van der Waals surface area contributed by atoms with Gasteiger partial charge in [0.25, 0.3) is 5.69 Å². The number of nitrogens with zero attached hydrogens (tertiary/aromatic N) is 1. The third-order valence-corrected chi connectivity index (χ3v) is 4.56. The van der Waals surface area contributed by atoms with E-state index in [0.29, 0.717) is 21.7 Å². The first-order valence-corrected chi connectivity index (χ1v) is 9.09. The Hall–Kier alpha value is -3.97. The fourth-order valence-corrected chi connectivity index (χ4v) is 2.99. The normalized spacial score (nSPS) is 13.6. The van der Waals surface area contributed by atoms with Crippen LogP contribution in [0.3, 0.4) is 0 Å². The smallest absolute Gasteiger partial charge is 0.343 e. The van der Waals surface area contributed by atoms with Crippen LogP contribution in [0.1, 0.15) is 26.3 Å². The van der Waals surface area contributed by atoms with Crippen molar-refractivity contribution in [3.05, 3.63) is 104 Å². The lowest BCUT2D eigenvalue weighted by atomic mass is 10.1. The van der Waals surface area contributed by atoms with Crippen LogP contribution in [0.15, 0.2) is 72.5 Å². The SMILES string of the molecule is O=C(Oc1ccc2c(c1)O/C(=C\c1cccc([N+](=O)[O-])c1)C2=O)c1ccc(Cl)cc1. The second-order valence-corrected chi connectivity index (χ2v) is 6.78. The predicted octanol–water partition coefficient (Wildman–Crippen LogP) is 5.08. The Balaban J connectivity index is 1.55. The minimum Gasteiger partial charge on any atom is -0.452 e. The van der Waals surface area contributed by atoms with Gasteiger partial charge in [0.1, 0.15) is 11.5 Å². The molecule has 0 bridgehead atoms. The molecule has 8 heteroatoms. The summed E-state index contributed by atoms with van der Waals surface area (Å²) in [6, 6.07) is 16.5. The zero-order valence-electron chi connectivity index (χ0n) is 15.2. The molecule has 3 aromatic rings. The van der Waals surface area contributed by atoms with Gasteiger partial charge in [-0.25, -0.2) is 4.79 Å². The summed E-state index contributed by atoms with van der Waals surface area (Å²) in [7, 11) is 0. The molecule has 1 aliphatic heterocycles. The van der Waals surface area contributed by atoms with Crippen LogP contribution in [-0.2, 0) is 0 Å². The lowest BCUT2D eigenvalue weighted by Crippen LogP contribution is -2.08. The number of nitro benzene ring substituents is 1. The highest BCUT2D eigenvalue weighted by molar-refractivity contribution is 6.30. The number of nitro groups is 1. The summed E-state index contributed by atoms with van der Waals surface area (Å²) in [5, 5.41) is 11.4. The molecule has 0 saturated carbocycles. The Labute approximate surface area is 175 Å². The molecule has 3 aromatic carbocycles. The molecule has 4 rings (SSSR count). The number of hydrogen-bond donors (Lipinski definition) is 0. The van der Waals surface area contributed by atoms with Crippen molar-refractivity contribution in [2.45, 2.75) is 0 Å². The van der Waals surface area contributed by atoms with E-state index in [9.17, 15) is 19.7 Å². The van der Waals surface area contributed by atoms with Gasteiger partial charge in [-0.3, -0.25) is 14.9 Å². The van der Waals surface area contributed by atoms with Gasteiger partial charge in [0.15, 0.2) is 5.76 Å². The standard InChI is InChI=1S/C22H12ClNO6/c23-15-6-4-14(5-7-15)22(26)29-17-8-9-18-19(12-17)30-20(21(18)25)11-13-2-1-3-16(10-13)24(27)28/h1-12H/b20-11-. The fourth-order valence-electron chi connectivity index (χ4n) is 2.86. The summed E-state index contributed by atoms with van der Waals surface area (Å²) in [6.07, 6.45) is 1.43. The van der Waals surface area contributed by atoms with E-state index >= 15 is 0 Å². The molecule has 0 radical (unpaired) electrons. The van der Waals surface area contributed by atoms with Crippen molar-refractivity contribution in [1.82, 2.24) is 0 Å². The zero-order valence-corrected chi connectivity index (χ0v) is 16.0. The molecule has 7 nitrogen and oxygen atoms in total. The number of carbonyl (C=O) groups excluding carboxylic acids is 2. The van der Waals surface area contributed by atoms with Gasteiger partial charge in [0.2, 0.25) is 5.78 Å². The molecular weight excluding hydrogens is 410 g/mol. The largest absolute Gasteiger partial charge is 0.452 e. The van der Waals surface area contributed by atoms with Gasteiger partial charge in [0.05, 0.1) is 16.1 Å². The van der Waals surface area contributed by atoms with Gasteiger partial charge in [-0.2, -0.15) is 0 Å². The van der Waals surface area contributed by atoms with Crippen molar-refractivity contribution in [2.75, 3.05) is 0 Å². The van der Waals surface area contributed by atoms with E-state index in [4.69, 9.17) is 21.1 Å². The monoisotopic (exact) mass is 421 g/mol. The molecule has 0 fully saturated rings. The maximum atomic E-state index is 12.6. The van der Waals surface area contributed by atoms with Crippen LogP contribution in [0.5, 0.6) is 11.5 Å².